The van der Waals surface area contributed by atoms with E-state index in [0.29, 0.717) is 0 Å². The number of nitrogens with one attached hydrogen (secondary N) is 1. The number of benzene rings is 1. The standard InChI is InChI=1S/C11H14N2/c1-9-3-5-10(6-4-9)7-11(8-12)13-2/h3-6,11,13H,7H2,1-2H3/t11-/m0/s1. The second-order valence-corrected chi connectivity index (χ2v) is 3.16. The van der Waals surface area contributed by atoms with Crippen LogP contribution in [0.3, 0.4) is 0 Å². The van der Waals surface area contributed by atoms with E-state index in [-0.39, 0.29) is 6.04 Å². The van der Waals surface area contributed by atoms with Gasteiger partial charge in [0.05, 0.1) is 12.1 Å². The van der Waals surface area contributed by atoms with Crippen molar-refractivity contribution in [1.29, 1.82) is 5.26 Å². The minimum Gasteiger partial charge on any atom is -0.305 e. The van der Waals surface area contributed by atoms with Gasteiger partial charge in [0.2, 0.25) is 0 Å². The molecule has 1 aromatic carbocycles. The third kappa shape index (κ3) is 2.89. The summed E-state index contributed by atoms with van der Waals surface area (Å²) in [6, 6.07) is 10.4. The second-order valence-electron chi connectivity index (χ2n) is 3.16. The van der Waals surface area contributed by atoms with Crippen LogP contribution in [0.15, 0.2) is 24.3 Å². The van der Waals surface area contributed by atoms with Gasteiger partial charge in [-0.2, -0.15) is 5.26 Å². The molecule has 1 atom stereocenters. The van der Waals surface area contributed by atoms with E-state index in [1.165, 1.54) is 11.1 Å². The molecule has 0 aliphatic rings. The molecule has 0 unspecified atom stereocenters. The van der Waals surface area contributed by atoms with Crippen LogP contribution < -0.4 is 5.32 Å². The Morgan fingerprint density at radius 2 is 2.00 bits per heavy atom. The molecule has 0 aliphatic heterocycles. The van der Waals surface area contributed by atoms with Gasteiger partial charge in [-0.15, -0.1) is 0 Å². The van der Waals surface area contributed by atoms with Gasteiger partial charge < -0.3 is 5.32 Å². The van der Waals surface area contributed by atoms with Gasteiger partial charge in [0, 0.05) is 6.42 Å². The fourth-order valence-corrected chi connectivity index (χ4v) is 1.17. The maximum Gasteiger partial charge on any atom is 0.0991 e. The van der Waals surface area contributed by atoms with E-state index >= 15 is 0 Å². The van der Waals surface area contributed by atoms with Crippen molar-refractivity contribution in [3.8, 4) is 6.07 Å². The molecule has 1 rings (SSSR count). The Morgan fingerprint density at radius 1 is 1.38 bits per heavy atom. The van der Waals surface area contributed by atoms with Crippen LogP contribution in [0.5, 0.6) is 0 Å². The Hall–Kier alpha value is -1.33. The molecule has 68 valence electrons. The van der Waals surface area contributed by atoms with E-state index in [0.717, 1.165) is 6.42 Å². The summed E-state index contributed by atoms with van der Waals surface area (Å²) in [5.41, 5.74) is 2.45. The van der Waals surface area contributed by atoms with E-state index in [9.17, 15) is 0 Å². The molecule has 1 aromatic rings. The molecular weight excluding hydrogens is 160 g/mol. The lowest BCUT2D eigenvalue weighted by Gasteiger charge is -2.07. The van der Waals surface area contributed by atoms with Crippen molar-refractivity contribution < 1.29 is 0 Å². The number of hydrogen-bond acceptors (Lipinski definition) is 2. The second kappa shape index (κ2) is 4.64. The average molecular weight is 174 g/mol. The topological polar surface area (TPSA) is 35.8 Å². The quantitative estimate of drug-likeness (QED) is 0.756. The first-order valence-corrected chi connectivity index (χ1v) is 4.38. The van der Waals surface area contributed by atoms with Gasteiger partial charge in [-0.3, -0.25) is 0 Å². The van der Waals surface area contributed by atoms with Crippen LogP contribution in [-0.4, -0.2) is 13.1 Å². The van der Waals surface area contributed by atoms with Crippen molar-refractivity contribution >= 4 is 0 Å². The Morgan fingerprint density at radius 3 is 2.46 bits per heavy atom. The van der Waals surface area contributed by atoms with Crippen molar-refractivity contribution in [2.24, 2.45) is 0 Å². The van der Waals surface area contributed by atoms with Crippen molar-refractivity contribution in [3.63, 3.8) is 0 Å². The van der Waals surface area contributed by atoms with Crippen molar-refractivity contribution in [1.82, 2.24) is 5.32 Å². The molecule has 0 spiro atoms. The van der Waals surface area contributed by atoms with E-state index in [1.807, 2.05) is 7.05 Å². The summed E-state index contributed by atoms with van der Waals surface area (Å²) >= 11 is 0. The Kier molecular flexibility index (Phi) is 3.48. The van der Waals surface area contributed by atoms with Crippen LogP contribution in [0.1, 0.15) is 11.1 Å². The van der Waals surface area contributed by atoms with Gasteiger partial charge in [-0.1, -0.05) is 29.8 Å². The van der Waals surface area contributed by atoms with Gasteiger partial charge in [0.25, 0.3) is 0 Å². The molecular formula is C11H14N2. The summed E-state index contributed by atoms with van der Waals surface area (Å²) in [6.07, 6.45) is 0.771. The summed E-state index contributed by atoms with van der Waals surface area (Å²) in [5.74, 6) is 0. The van der Waals surface area contributed by atoms with Crippen molar-refractivity contribution in [2.45, 2.75) is 19.4 Å². The number of rotatable bonds is 3. The zero-order valence-electron chi connectivity index (χ0n) is 8.04. The minimum absolute atomic E-state index is 0.0808. The monoisotopic (exact) mass is 174 g/mol. The lowest BCUT2D eigenvalue weighted by molar-refractivity contribution is 0.675. The van der Waals surface area contributed by atoms with Crippen LogP contribution in [0.4, 0.5) is 0 Å². The van der Waals surface area contributed by atoms with Gasteiger partial charge in [-0.25, -0.2) is 0 Å². The van der Waals surface area contributed by atoms with Crippen LogP contribution in [0, 0.1) is 18.3 Å². The Bertz CT molecular complexity index is 295. The molecule has 0 saturated heterocycles. The number of nitrogens with zero attached hydrogens (tertiary/aromatic N) is 1. The molecule has 0 radical (unpaired) electrons. The first-order chi connectivity index (χ1) is 6.26. The SMILES string of the molecule is CN[C@H](C#N)Cc1ccc(C)cc1. The predicted octanol–water partition coefficient (Wildman–Crippen LogP) is 1.65. The molecule has 2 heteroatoms. The Balaban J connectivity index is 2.64. The first-order valence-electron chi connectivity index (χ1n) is 4.38. The smallest absolute Gasteiger partial charge is 0.0991 e. The molecule has 0 bridgehead atoms. The van der Waals surface area contributed by atoms with Gasteiger partial charge in [0.15, 0.2) is 0 Å². The summed E-state index contributed by atoms with van der Waals surface area (Å²) < 4.78 is 0. The fraction of sp³-hybridized carbons (Fsp3) is 0.364. The third-order valence-electron chi connectivity index (χ3n) is 2.06. The van der Waals surface area contributed by atoms with Gasteiger partial charge >= 0.3 is 0 Å². The number of nitriles is 1. The van der Waals surface area contributed by atoms with E-state index < -0.39 is 0 Å². The summed E-state index contributed by atoms with van der Waals surface area (Å²) in [6.45, 7) is 2.06. The Labute approximate surface area is 79.2 Å². The predicted molar refractivity (Wildman–Crippen MR) is 53.3 cm³/mol. The van der Waals surface area contributed by atoms with Crippen LogP contribution >= 0.6 is 0 Å². The summed E-state index contributed by atoms with van der Waals surface area (Å²) in [5, 5.41) is 11.7. The first kappa shape index (κ1) is 9.76. The molecule has 13 heavy (non-hydrogen) atoms. The molecule has 1 N–H and O–H groups in total. The largest absolute Gasteiger partial charge is 0.305 e. The average Bonchev–Trinajstić information content (AvgIpc) is 2.17. The summed E-state index contributed by atoms with van der Waals surface area (Å²) in [7, 11) is 1.81. The van der Waals surface area contributed by atoms with Gasteiger partial charge in [0.1, 0.15) is 0 Å². The molecule has 0 fully saturated rings. The number of hydrogen-bond donors (Lipinski definition) is 1. The highest BCUT2D eigenvalue weighted by Crippen LogP contribution is 2.05. The molecule has 0 aliphatic carbocycles. The lowest BCUT2D eigenvalue weighted by atomic mass is 10.1. The van der Waals surface area contributed by atoms with Crippen LogP contribution in [0.25, 0.3) is 0 Å². The highest BCUT2D eigenvalue weighted by Gasteiger charge is 2.03. The van der Waals surface area contributed by atoms with Crippen molar-refractivity contribution in [3.05, 3.63) is 35.4 Å². The zero-order valence-corrected chi connectivity index (χ0v) is 8.04. The lowest BCUT2D eigenvalue weighted by Crippen LogP contribution is -2.25. The molecule has 0 saturated carbocycles. The van der Waals surface area contributed by atoms with E-state index in [1.54, 1.807) is 0 Å². The highest BCUT2D eigenvalue weighted by atomic mass is 14.9. The van der Waals surface area contributed by atoms with Crippen molar-refractivity contribution in [2.75, 3.05) is 7.05 Å². The number of aryl methyl sites for hydroxylation is 1. The number of likely N-dealkylation sites (N-methyl/N-ethyl adjacent to an activating group) is 1. The molecule has 2 nitrogen and oxygen atoms in total. The van der Waals surface area contributed by atoms with Crippen LogP contribution in [0.2, 0.25) is 0 Å². The maximum atomic E-state index is 8.73. The molecule has 0 amide bonds. The summed E-state index contributed by atoms with van der Waals surface area (Å²) in [4.78, 5) is 0. The van der Waals surface area contributed by atoms with Crippen LogP contribution in [-0.2, 0) is 6.42 Å². The highest BCUT2D eigenvalue weighted by molar-refractivity contribution is 5.23. The normalized spacial score (nSPS) is 12.1. The van der Waals surface area contributed by atoms with Gasteiger partial charge in [-0.05, 0) is 19.5 Å². The molecule has 0 heterocycles. The van der Waals surface area contributed by atoms with E-state index in [2.05, 4.69) is 42.6 Å². The molecule has 0 aromatic heterocycles. The maximum absolute atomic E-state index is 8.73. The fourth-order valence-electron chi connectivity index (χ4n) is 1.17. The minimum atomic E-state index is -0.0808. The zero-order chi connectivity index (χ0) is 9.68. The third-order valence-corrected chi connectivity index (χ3v) is 2.06. The van der Waals surface area contributed by atoms with E-state index in [4.69, 9.17) is 5.26 Å².